The average molecular weight is 447 g/mol. The third-order valence-electron chi connectivity index (χ3n) is 6.04. The lowest BCUT2D eigenvalue weighted by atomic mass is 9.99. The van der Waals surface area contributed by atoms with E-state index in [1.807, 2.05) is 48.5 Å². The summed E-state index contributed by atoms with van der Waals surface area (Å²) in [6.07, 6.45) is 2.63. The predicted molar refractivity (Wildman–Crippen MR) is 130 cm³/mol. The summed E-state index contributed by atoms with van der Waals surface area (Å²) in [6.45, 7) is 4.37. The number of carbonyl (C=O) groups excluding carboxylic acids is 1. The molecule has 1 amide bonds. The summed E-state index contributed by atoms with van der Waals surface area (Å²) in [5.74, 6) is 2.86. The molecule has 7 heteroatoms. The van der Waals surface area contributed by atoms with Crippen molar-refractivity contribution in [3.8, 4) is 22.8 Å². The Bertz CT molecular complexity index is 1080. The lowest BCUT2D eigenvalue weighted by molar-refractivity contribution is -0.115. The van der Waals surface area contributed by atoms with Gasteiger partial charge in [0.15, 0.2) is 17.3 Å². The van der Waals surface area contributed by atoms with Crippen LogP contribution in [-0.2, 0) is 11.2 Å². The van der Waals surface area contributed by atoms with Crippen molar-refractivity contribution in [1.82, 2.24) is 10.2 Å². The Hall–Kier alpha value is -3.61. The Balaban J connectivity index is 1.35. The number of aromatic nitrogens is 2. The van der Waals surface area contributed by atoms with Crippen LogP contribution >= 0.6 is 0 Å². The van der Waals surface area contributed by atoms with E-state index in [1.54, 1.807) is 20.3 Å². The third kappa shape index (κ3) is 5.61. The summed E-state index contributed by atoms with van der Waals surface area (Å²) in [5.41, 5.74) is 3.35. The zero-order valence-electron chi connectivity index (χ0n) is 19.4. The van der Waals surface area contributed by atoms with E-state index in [9.17, 15) is 4.79 Å². The fourth-order valence-electron chi connectivity index (χ4n) is 3.99. The maximum absolute atomic E-state index is 12.5. The first-order chi connectivity index (χ1) is 16.1. The van der Waals surface area contributed by atoms with E-state index in [-0.39, 0.29) is 12.3 Å². The first-order valence-electron chi connectivity index (χ1n) is 11.3. The third-order valence-corrected chi connectivity index (χ3v) is 6.04. The molecule has 3 aromatic rings. The molecule has 0 saturated carbocycles. The summed E-state index contributed by atoms with van der Waals surface area (Å²) >= 11 is 0. The van der Waals surface area contributed by atoms with Gasteiger partial charge in [-0.2, -0.15) is 0 Å². The zero-order chi connectivity index (χ0) is 23.2. The molecule has 2 aromatic carbocycles. The smallest absolute Gasteiger partial charge is 0.228 e. The van der Waals surface area contributed by atoms with Crippen molar-refractivity contribution in [3.05, 3.63) is 60.2 Å². The fraction of sp³-hybridized carbons (Fsp3) is 0.346. The number of hydrogen-bond acceptors (Lipinski definition) is 6. The van der Waals surface area contributed by atoms with E-state index in [2.05, 4.69) is 27.3 Å². The number of carbonyl (C=O) groups is 1. The minimum atomic E-state index is -0.102. The summed E-state index contributed by atoms with van der Waals surface area (Å²) in [4.78, 5) is 14.8. The number of anilines is 2. The molecule has 0 unspecified atom stereocenters. The number of amides is 1. The molecule has 4 rings (SSSR count). The molecule has 7 nitrogen and oxygen atoms in total. The van der Waals surface area contributed by atoms with Gasteiger partial charge >= 0.3 is 0 Å². The lowest BCUT2D eigenvalue weighted by Gasteiger charge is -2.30. The maximum Gasteiger partial charge on any atom is 0.228 e. The molecule has 1 aliphatic rings. The van der Waals surface area contributed by atoms with Gasteiger partial charge in [0.2, 0.25) is 5.91 Å². The van der Waals surface area contributed by atoms with E-state index in [0.29, 0.717) is 11.5 Å². The van der Waals surface area contributed by atoms with Gasteiger partial charge in [0, 0.05) is 24.3 Å². The molecule has 1 fully saturated rings. The van der Waals surface area contributed by atoms with Gasteiger partial charge in [0.1, 0.15) is 0 Å². The van der Waals surface area contributed by atoms with Crippen LogP contribution in [0.1, 0.15) is 25.3 Å². The normalized spacial score (nSPS) is 14.1. The molecule has 0 aliphatic carbocycles. The van der Waals surface area contributed by atoms with Gasteiger partial charge in [-0.15, -0.1) is 10.2 Å². The minimum absolute atomic E-state index is 0.102. The van der Waals surface area contributed by atoms with E-state index in [4.69, 9.17) is 9.47 Å². The van der Waals surface area contributed by atoms with Crippen molar-refractivity contribution in [2.24, 2.45) is 5.92 Å². The van der Waals surface area contributed by atoms with Crippen LogP contribution in [0.4, 0.5) is 11.5 Å². The molecule has 0 atom stereocenters. The molecular weight excluding hydrogens is 416 g/mol. The predicted octanol–water partition coefficient (Wildman–Crippen LogP) is 4.58. The molecule has 172 valence electrons. The number of piperidine rings is 1. The quantitative estimate of drug-likeness (QED) is 0.573. The number of ether oxygens (including phenoxy) is 2. The van der Waals surface area contributed by atoms with Crippen molar-refractivity contribution in [1.29, 1.82) is 0 Å². The van der Waals surface area contributed by atoms with Gasteiger partial charge in [-0.25, -0.2) is 0 Å². The SMILES string of the molecule is COc1ccc(CC(=O)Nc2ccc(-c3ccc(N4CCC(C)CC4)nn3)cc2)cc1OC. The summed E-state index contributed by atoms with van der Waals surface area (Å²) in [7, 11) is 3.16. The highest BCUT2D eigenvalue weighted by atomic mass is 16.5. The molecule has 0 spiro atoms. The van der Waals surface area contributed by atoms with Gasteiger partial charge < -0.3 is 19.7 Å². The molecule has 1 aliphatic heterocycles. The largest absolute Gasteiger partial charge is 0.493 e. The van der Waals surface area contributed by atoms with Crippen LogP contribution in [-0.4, -0.2) is 43.4 Å². The van der Waals surface area contributed by atoms with E-state index >= 15 is 0 Å². The summed E-state index contributed by atoms with van der Waals surface area (Å²) in [6, 6.07) is 17.2. The van der Waals surface area contributed by atoms with E-state index in [1.165, 1.54) is 12.8 Å². The second-order valence-electron chi connectivity index (χ2n) is 8.44. The van der Waals surface area contributed by atoms with Crippen LogP contribution in [0, 0.1) is 5.92 Å². The highest BCUT2D eigenvalue weighted by molar-refractivity contribution is 5.92. The monoisotopic (exact) mass is 446 g/mol. The van der Waals surface area contributed by atoms with E-state index < -0.39 is 0 Å². The van der Waals surface area contributed by atoms with Crippen LogP contribution in [0.2, 0.25) is 0 Å². The van der Waals surface area contributed by atoms with Gasteiger partial charge in [-0.3, -0.25) is 4.79 Å². The number of nitrogens with zero attached hydrogens (tertiary/aromatic N) is 3. The summed E-state index contributed by atoms with van der Waals surface area (Å²) < 4.78 is 10.6. The molecule has 2 heterocycles. The molecule has 1 N–H and O–H groups in total. The van der Waals surface area contributed by atoms with E-state index in [0.717, 1.165) is 47.3 Å². The Morgan fingerprint density at radius 2 is 1.70 bits per heavy atom. The molecule has 1 aromatic heterocycles. The number of nitrogens with one attached hydrogen (secondary N) is 1. The average Bonchev–Trinajstić information content (AvgIpc) is 2.85. The minimum Gasteiger partial charge on any atom is -0.493 e. The Morgan fingerprint density at radius 3 is 2.33 bits per heavy atom. The van der Waals surface area contributed by atoms with Gasteiger partial charge in [-0.05, 0) is 60.7 Å². The lowest BCUT2D eigenvalue weighted by Crippen LogP contribution is -2.33. The molecule has 0 radical (unpaired) electrons. The van der Waals surface area contributed by atoms with Crippen LogP contribution < -0.4 is 19.7 Å². The second kappa shape index (κ2) is 10.3. The highest BCUT2D eigenvalue weighted by Gasteiger charge is 2.17. The second-order valence-corrected chi connectivity index (χ2v) is 8.44. The molecule has 1 saturated heterocycles. The zero-order valence-corrected chi connectivity index (χ0v) is 19.4. The molecular formula is C26H30N4O3. The van der Waals surface area contributed by atoms with Crippen LogP contribution in [0.25, 0.3) is 11.3 Å². The Morgan fingerprint density at radius 1 is 0.970 bits per heavy atom. The summed E-state index contributed by atoms with van der Waals surface area (Å²) in [5, 5.41) is 11.8. The van der Waals surface area contributed by atoms with Gasteiger partial charge in [0.25, 0.3) is 0 Å². The molecule has 0 bridgehead atoms. The van der Waals surface area contributed by atoms with Crippen LogP contribution in [0.5, 0.6) is 11.5 Å². The van der Waals surface area contributed by atoms with Crippen molar-refractivity contribution in [2.45, 2.75) is 26.2 Å². The number of rotatable bonds is 7. The Kier molecular flexibility index (Phi) is 7.07. The number of methoxy groups -OCH3 is 2. The van der Waals surface area contributed by atoms with Gasteiger partial charge in [0.05, 0.1) is 26.3 Å². The highest BCUT2D eigenvalue weighted by Crippen LogP contribution is 2.28. The van der Waals surface area contributed by atoms with Gasteiger partial charge in [-0.1, -0.05) is 25.1 Å². The first kappa shape index (κ1) is 22.6. The first-order valence-corrected chi connectivity index (χ1v) is 11.3. The standard InChI is InChI=1S/C26H30N4O3/c1-18-12-14-30(15-13-18)25-11-9-22(28-29-25)20-5-7-21(8-6-20)27-26(31)17-19-4-10-23(32-2)24(16-19)33-3/h4-11,16,18H,12-15,17H2,1-3H3,(H,27,31). The Labute approximate surface area is 194 Å². The van der Waals surface area contributed by atoms with Crippen molar-refractivity contribution in [2.75, 3.05) is 37.5 Å². The number of hydrogen-bond donors (Lipinski definition) is 1. The van der Waals surface area contributed by atoms with Crippen LogP contribution in [0.3, 0.4) is 0 Å². The fourth-order valence-corrected chi connectivity index (χ4v) is 3.99. The van der Waals surface area contributed by atoms with Crippen LogP contribution in [0.15, 0.2) is 54.6 Å². The maximum atomic E-state index is 12.5. The van der Waals surface area contributed by atoms with Crippen molar-refractivity contribution in [3.63, 3.8) is 0 Å². The number of benzene rings is 2. The molecule has 33 heavy (non-hydrogen) atoms. The topological polar surface area (TPSA) is 76.6 Å². The van der Waals surface area contributed by atoms with Crippen molar-refractivity contribution >= 4 is 17.4 Å². The van der Waals surface area contributed by atoms with Crippen molar-refractivity contribution < 1.29 is 14.3 Å².